The van der Waals surface area contributed by atoms with Crippen molar-refractivity contribution in [3.05, 3.63) is 24.3 Å². The normalized spacial score (nSPS) is 18.4. The maximum atomic E-state index is 5.99. The van der Waals surface area contributed by atoms with E-state index in [0.717, 1.165) is 43.7 Å². The van der Waals surface area contributed by atoms with E-state index in [1.807, 2.05) is 24.3 Å². The number of aromatic nitrogens is 2. The molecule has 25 heavy (non-hydrogen) atoms. The van der Waals surface area contributed by atoms with Gasteiger partial charge in [-0.25, -0.2) is 0 Å². The summed E-state index contributed by atoms with van der Waals surface area (Å²) in [5, 5.41) is 8.56. The van der Waals surface area contributed by atoms with Gasteiger partial charge in [-0.15, -0.1) is 5.10 Å². The zero-order chi connectivity index (χ0) is 17.6. The minimum Gasteiger partial charge on any atom is -0.493 e. The minimum absolute atomic E-state index is 0.523. The fraction of sp³-hybridized carbons (Fsp3) is 0.579. The molecule has 0 bridgehead atoms. The SMILES string of the molecule is CCCOc1ccccc1-c1nnc(N2CCCC(N(C)C)CC2)o1. The maximum Gasteiger partial charge on any atom is 0.318 e. The lowest BCUT2D eigenvalue weighted by atomic mass is 10.1. The predicted octanol–water partition coefficient (Wildman–Crippen LogP) is 3.45. The molecule has 1 aromatic heterocycles. The second-order valence-corrected chi connectivity index (χ2v) is 6.77. The van der Waals surface area contributed by atoms with Crippen molar-refractivity contribution in [1.82, 2.24) is 15.1 Å². The highest BCUT2D eigenvalue weighted by atomic mass is 16.5. The molecule has 1 aliphatic rings. The van der Waals surface area contributed by atoms with Crippen LogP contribution in [0, 0.1) is 0 Å². The van der Waals surface area contributed by atoms with E-state index >= 15 is 0 Å². The molecule has 1 unspecified atom stereocenters. The molecule has 2 aromatic rings. The third kappa shape index (κ3) is 4.31. The van der Waals surface area contributed by atoms with E-state index in [-0.39, 0.29) is 0 Å². The van der Waals surface area contributed by atoms with Crippen molar-refractivity contribution in [2.45, 2.75) is 38.6 Å². The van der Waals surface area contributed by atoms with E-state index in [4.69, 9.17) is 9.15 Å². The number of para-hydroxylation sites is 1. The molecule has 1 saturated heterocycles. The highest BCUT2D eigenvalue weighted by Crippen LogP contribution is 2.31. The Bertz CT molecular complexity index is 671. The molecule has 0 aliphatic carbocycles. The van der Waals surface area contributed by atoms with Gasteiger partial charge in [0.1, 0.15) is 5.75 Å². The van der Waals surface area contributed by atoms with Crippen LogP contribution >= 0.6 is 0 Å². The van der Waals surface area contributed by atoms with Crippen molar-refractivity contribution in [2.75, 3.05) is 38.7 Å². The molecule has 6 nitrogen and oxygen atoms in total. The van der Waals surface area contributed by atoms with Crippen LogP contribution < -0.4 is 9.64 Å². The quantitative estimate of drug-likeness (QED) is 0.800. The highest BCUT2D eigenvalue weighted by molar-refractivity contribution is 5.62. The molecule has 6 heteroatoms. The zero-order valence-electron chi connectivity index (χ0n) is 15.4. The molecule has 3 rings (SSSR count). The molecule has 2 heterocycles. The molecule has 0 amide bonds. The highest BCUT2D eigenvalue weighted by Gasteiger charge is 2.22. The molecule has 0 N–H and O–H groups in total. The summed E-state index contributed by atoms with van der Waals surface area (Å²) >= 11 is 0. The first-order valence-electron chi connectivity index (χ1n) is 9.16. The molecule has 0 saturated carbocycles. The van der Waals surface area contributed by atoms with Gasteiger partial charge in [-0.2, -0.15) is 0 Å². The summed E-state index contributed by atoms with van der Waals surface area (Å²) in [4.78, 5) is 4.51. The van der Waals surface area contributed by atoms with Crippen LogP contribution in [0.15, 0.2) is 28.7 Å². The van der Waals surface area contributed by atoms with Gasteiger partial charge in [0.05, 0.1) is 12.2 Å². The second-order valence-electron chi connectivity index (χ2n) is 6.77. The zero-order valence-corrected chi connectivity index (χ0v) is 15.4. The topological polar surface area (TPSA) is 54.6 Å². The number of hydrogen-bond acceptors (Lipinski definition) is 6. The molecular formula is C19H28N4O2. The fourth-order valence-corrected chi connectivity index (χ4v) is 3.22. The Labute approximate surface area is 149 Å². The van der Waals surface area contributed by atoms with Crippen LogP contribution in [0.2, 0.25) is 0 Å². The van der Waals surface area contributed by atoms with Gasteiger partial charge in [0.25, 0.3) is 5.89 Å². The van der Waals surface area contributed by atoms with Gasteiger partial charge in [0, 0.05) is 19.1 Å². The van der Waals surface area contributed by atoms with Crippen LogP contribution in [0.5, 0.6) is 5.75 Å². The molecule has 1 aliphatic heterocycles. The van der Waals surface area contributed by atoms with E-state index < -0.39 is 0 Å². The molecule has 1 aromatic carbocycles. The van der Waals surface area contributed by atoms with Crippen LogP contribution in [0.25, 0.3) is 11.5 Å². The first kappa shape index (κ1) is 17.7. The molecular weight excluding hydrogens is 316 g/mol. The summed E-state index contributed by atoms with van der Waals surface area (Å²) in [6.07, 6.45) is 4.42. The van der Waals surface area contributed by atoms with Gasteiger partial charge in [-0.3, -0.25) is 0 Å². The van der Waals surface area contributed by atoms with Crippen LogP contribution in [0.4, 0.5) is 6.01 Å². The summed E-state index contributed by atoms with van der Waals surface area (Å²) in [6, 6.07) is 9.07. The average molecular weight is 344 g/mol. The third-order valence-corrected chi connectivity index (χ3v) is 4.69. The minimum atomic E-state index is 0.523. The van der Waals surface area contributed by atoms with Gasteiger partial charge in [-0.1, -0.05) is 24.2 Å². The Hall–Kier alpha value is -2.08. The van der Waals surface area contributed by atoms with Crippen LogP contribution in [-0.4, -0.2) is 54.9 Å². The van der Waals surface area contributed by atoms with E-state index in [2.05, 4.69) is 41.0 Å². The van der Waals surface area contributed by atoms with E-state index in [1.54, 1.807) is 0 Å². The molecule has 1 fully saturated rings. The Morgan fingerprint density at radius 1 is 1.20 bits per heavy atom. The van der Waals surface area contributed by atoms with Crippen LogP contribution in [0.1, 0.15) is 32.6 Å². The monoisotopic (exact) mass is 344 g/mol. The smallest absolute Gasteiger partial charge is 0.318 e. The van der Waals surface area contributed by atoms with Crippen LogP contribution in [0.3, 0.4) is 0 Å². The number of hydrogen-bond donors (Lipinski definition) is 0. The lowest BCUT2D eigenvalue weighted by molar-refractivity contribution is 0.272. The lowest BCUT2D eigenvalue weighted by Crippen LogP contribution is -2.30. The van der Waals surface area contributed by atoms with Crippen molar-refractivity contribution >= 4 is 6.01 Å². The van der Waals surface area contributed by atoms with Gasteiger partial charge >= 0.3 is 6.01 Å². The van der Waals surface area contributed by atoms with Crippen molar-refractivity contribution in [2.24, 2.45) is 0 Å². The average Bonchev–Trinajstić information content (AvgIpc) is 2.97. The number of anilines is 1. The van der Waals surface area contributed by atoms with Crippen LogP contribution in [-0.2, 0) is 0 Å². The van der Waals surface area contributed by atoms with Gasteiger partial charge < -0.3 is 19.0 Å². The maximum absolute atomic E-state index is 5.99. The summed E-state index contributed by atoms with van der Waals surface area (Å²) in [6.45, 7) is 4.67. The lowest BCUT2D eigenvalue weighted by Gasteiger charge is -2.22. The van der Waals surface area contributed by atoms with Gasteiger partial charge in [0.15, 0.2) is 0 Å². The molecule has 0 spiro atoms. The first-order chi connectivity index (χ1) is 12.2. The predicted molar refractivity (Wildman–Crippen MR) is 99.1 cm³/mol. The van der Waals surface area contributed by atoms with Crippen molar-refractivity contribution < 1.29 is 9.15 Å². The standard InChI is InChI=1S/C19H28N4O2/c1-4-14-24-17-10-6-5-9-16(17)18-20-21-19(25-18)23-12-7-8-15(11-13-23)22(2)3/h5-6,9-10,15H,4,7-8,11-14H2,1-3H3. The Morgan fingerprint density at radius 2 is 2.04 bits per heavy atom. The summed E-state index contributed by atoms with van der Waals surface area (Å²) in [5.41, 5.74) is 0.857. The van der Waals surface area contributed by atoms with E-state index in [1.165, 1.54) is 6.42 Å². The Morgan fingerprint density at radius 3 is 2.84 bits per heavy atom. The van der Waals surface area contributed by atoms with Crippen molar-refractivity contribution in [3.8, 4) is 17.2 Å². The molecule has 1 atom stereocenters. The summed E-state index contributed by atoms with van der Waals surface area (Å²) in [5.74, 6) is 1.32. The number of benzene rings is 1. The van der Waals surface area contributed by atoms with Gasteiger partial charge in [0.2, 0.25) is 0 Å². The van der Waals surface area contributed by atoms with E-state index in [9.17, 15) is 0 Å². The van der Waals surface area contributed by atoms with Gasteiger partial charge in [-0.05, 0) is 51.9 Å². The van der Waals surface area contributed by atoms with Crippen molar-refractivity contribution in [1.29, 1.82) is 0 Å². The second kappa shape index (κ2) is 8.34. The Kier molecular flexibility index (Phi) is 5.91. The summed E-state index contributed by atoms with van der Waals surface area (Å²) < 4.78 is 11.8. The first-order valence-corrected chi connectivity index (χ1v) is 9.16. The molecule has 0 radical (unpaired) electrons. The fourth-order valence-electron chi connectivity index (χ4n) is 3.22. The van der Waals surface area contributed by atoms with Crippen molar-refractivity contribution in [3.63, 3.8) is 0 Å². The largest absolute Gasteiger partial charge is 0.493 e. The summed E-state index contributed by atoms with van der Waals surface area (Å²) in [7, 11) is 4.30. The van der Waals surface area contributed by atoms with E-state index in [0.29, 0.717) is 24.6 Å². The number of ether oxygens (including phenoxy) is 1. The third-order valence-electron chi connectivity index (χ3n) is 4.69. The Balaban J connectivity index is 1.75. The number of nitrogens with zero attached hydrogens (tertiary/aromatic N) is 4. The molecule has 136 valence electrons. The number of rotatable bonds is 6.